The summed E-state index contributed by atoms with van der Waals surface area (Å²) in [5.74, 6) is 0. The summed E-state index contributed by atoms with van der Waals surface area (Å²) in [5, 5.41) is 4.95. The molecule has 0 amide bonds. The largest absolute Gasteiger partial charge is 0.309 e. The third-order valence-electron chi connectivity index (χ3n) is 10.9. The third-order valence-corrected chi connectivity index (χ3v) is 10.9. The van der Waals surface area contributed by atoms with Crippen LogP contribution in [0.25, 0.3) is 71.6 Å². The molecule has 0 spiro atoms. The van der Waals surface area contributed by atoms with Crippen molar-refractivity contribution in [3.8, 4) is 39.1 Å². The number of rotatable bonds is 7. The molecular weight excluding hydrogens is 665 g/mol. The fourth-order valence-corrected chi connectivity index (χ4v) is 8.38. The zero-order valence-electron chi connectivity index (χ0n) is 30.6. The van der Waals surface area contributed by atoms with Crippen LogP contribution in [0.2, 0.25) is 0 Å². The van der Waals surface area contributed by atoms with E-state index < -0.39 is 0 Å². The van der Waals surface area contributed by atoms with Crippen LogP contribution in [0.3, 0.4) is 0 Å². The van der Waals surface area contributed by atoms with Crippen LogP contribution < -0.4 is 4.90 Å². The van der Waals surface area contributed by atoms with Crippen molar-refractivity contribution >= 4 is 49.6 Å². The molecule has 10 rings (SSSR count). The van der Waals surface area contributed by atoms with Crippen molar-refractivity contribution in [1.82, 2.24) is 4.57 Å². The fourth-order valence-electron chi connectivity index (χ4n) is 8.38. The van der Waals surface area contributed by atoms with Crippen LogP contribution in [0.15, 0.2) is 212 Å². The van der Waals surface area contributed by atoms with Crippen molar-refractivity contribution < 1.29 is 0 Å². The fraction of sp³-hybridized carbons (Fsp3) is 0.0189. The maximum atomic E-state index is 2.50. The van der Waals surface area contributed by atoms with Crippen LogP contribution in [0, 0.1) is 6.92 Å². The number of aryl methyl sites for hydroxylation is 1. The van der Waals surface area contributed by atoms with Gasteiger partial charge in [0, 0.05) is 33.3 Å². The topological polar surface area (TPSA) is 8.17 Å². The Labute approximate surface area is 321 Å². The number of nitrogens with zero attached hydrogens (tertiary/aromatic N) is 2. The van der Waals surface area contributed by atoms with Crippen molar-refractivity contribution in [2.45, 2.75) is 6.92 Å². The molecule has 2 heteroatoms. The van der Waals surface area contributed by atoms with Crippen LogP contribution in [-0.2, 0) is 0 Å². The minimum absolute atomic E-state index is 1.08. The summed E-state index contributed by atoms with van der Waals surface area (Å²) in [4.78, 5) is 2.50. The molecule has 0 saturated carbocycles. The van der Waals surface area contributed by atoms with E-state index in [1.54, 1.807) is 0 Å². The molecule has 0 N–H and O–H groups in total. The van der Waals surface area contributed by atoms with Gasteiger partial charge in [-0.2, -0.15) is 0 Å². The van der Waals surface area contributed by atoms with Gasteiger partial charge in [0.2, 0.25) is 0 Å². The molecule has 260 valence electrons. The standard InChI is InChI=1S/C53H38N2/c1-37-17-16-28-48-52(37)47-33-31-44(36-51(47)54(48)43-25-12-5-13-26-43)55(49-34-30-40-22-14-15-27-46(40)53(49)41-23-10-4-11-24-41)50-35-42(38-18-6-2-7-19-38)29-32-45(50)39-20-8-3-9-21-39/h2-36H,1H3. The van der Waals surface area contributed by atoms with E-state index in [-0.39, 0.29) is 0 Å². The molecule has 1 aromatic heterocycles. The Morgan fingerprint density at radius 1 is 0.400 bits per heavy atom. The van der Waals surface area contributed by atoms with Crippen molar-refractivity contribution in [2.24, 2.45) is 0 Å². The Balaban J connectivity index is 1.34. The molecule has 0 radical (unpaired) electrons. The van der Waals surface area contributed by atoms with Gasteiger partial charge in [0.15, 0.2) is 0 Å². The summed E-state index contributed by atoms with van der Waals surface area (Å²) in [6.45, 7) is 2.22. The second kappa shape index (κ2) is 13.7. The van der Waals surface area contributed by atoms with Gasteiger partial charge in [-0.05, 0) is 88.0 Å². The van der Waals surface area contributed by atoms with Gasteiger partial charge in [0.05, 0.1) is 22.4 Å². The van der Waals surface area contributed by atoms with Crippen molar-refractivity contribution in [3.05, 3.63) is 218 Å². The number of hydrogen-bond acceptors (Lipinski definition) is 1. The van der Waals surface area contributed by atoms with Gasteiger partial charge in [-0.3, -0.25) is 0 Å². The highest BCUT2D eigenvalue weighted by molar-refractivity contribution is 6.13. The lowest BCUT2D eigenvalue weighted by atomic mass is 9.93. The molecular formula is C53H38N2. The number of benzene rings is 9. The van der Waals surface area contributed by atoms with Crippen LogP contribution in [0.4, 0.5) is 17.1 Å². The van der Waals surface area contributed by atoms with Gasteiger partial charge in [-0.15, -0.1) is 0 Å². The molecule has 0 saturated heterocycles. The first-order valence-corrected chi connectivity index (χ1v) is 18.9. The number of fused-ring (bicyclic) bond motifs is 4. The lowest BCUT2D eigenvalue weighted by Gasteiger charge is -2.31. The number of anilines is 3. The monoisotopic (exact) mass is 702 g/mol. The van der Waals surface area contributed by atoms with Crippen LogP contribution >= 0.6 is 0 Å². The number of aromatic nitrogens is 1. The average molecular weight is 703 g/mol. The number of hydrogen-bond donors (Lipinski definition) is 0. The van der Waals surface area contributed by atoms with E-state index in [9.17, 15) is 0 Å². The highest BCUT2D eigenvalue weighted by Crippen LogP contribution is 2.49. The Hall–Kier alpha value is -7.16. The van der Waals surface area contributed by atoms with E-state index in [1.807, 2.05) is 0 Å². The summed E-state index contributed by atoms with van der Waals surface area (Å²) in [7, 11) is 0. The van der Waals surface area contributed by atoms with E-state index in [0.717, 1.165) is 33.9 Å². The van der Waals surface area contributed by atoms with Gasteiger partial charge >= 0.3 is 0 Å². The van der Waals surface area contributed by atoms with E-state index in [0.29, 0.717) is 0 Å². The first kappa shape index (κ1) is 32.5. The predicted molar refractivity (Wildman–Crippen MR) is 234 cm³/mol. The summed E-state index contributed by atoms with van der Waals surface area (Å²) >= 11 is 0. The van der Waals surface area contributed by atoms with Gasteiger partial charge in [0.1, 0.15) is 0 Å². The smallest absolute Gasteiger partial charge is 0.0562 e. The molecule has 0 bridgehead atoms. The SMILES string of the molecule is Cc1cccc2c1c1ccc(N(c3cc(-c4ccccc4)ccc3-c3ccccc3)c3ccc4ccccc4c3-c3ccccc3)cc1n2-c1ccccc1. The second-order valence-electron chi connectivity index (χ2n) is 14.2. The first-order valence-electron chi connectivity index (χ1n) is 18.9. The van der Waals surface area contributed by atoms with Gasteiger partial charge < -0.3 is 9.47 Å². The highest BCUT2D eigenvalue weighted by Gasteiger charge is 2.24. The van der Waals surface area contributed by atoms with Crippen molar-refractivity contribution in [2.75, 3.05) is 4.90 Å². The molecule has 0 unspecified atom stereocenters. The molecule has 0 aliphatic carbocycles. The Morgan fingerprint density at radius 2 is 1.05 bits per heavy atom. The van der Waals surface area contributed by atoms with Crippen LogP contribution in [-0.4, -0.2) is 4.57 Å². The molecule has 0 aliphatic rings. The summed E-state index contributed by atoms with van der Waals surface area (Å²) in [6, 6.07) is 77.1. The average Bonchev–Trinajstić information content (AvgIpc) is 3.59. The minimum Gasteiger partial charge on any atom is -0.309 e. The molecule has 55 heavy (non-hydrogen) atoms. The summed E-state index contributed by atoms with van der Waals surface area (Å²) in [5.41, 5.74) is 15.1. The first-order chi connectivity index (χ1) is 27.2. The predicted octanol–water partition coefficient (Wildman–Crippen LogP) is 14.7. The van der Waals surface area contributed by atoms with Gasteiger partial charge in [-0.25, -0.2) is 0 Å². The second-order valence-corrected chi connectivity index (χ2v) is 14.2. The van der Waals surface area contributed by atoms with E-state index in [2.05, 4.69) is 229 Å². The molecule has 10 aromatic rings. The van der Waals surface area contributed by atoms with E-state index >= 15 is 0 Å². The Kier molecular flexibility index (Phi) is 8.08. The summed E-state index contributed by atoms with van der Waals surface area (Å²) in [6.07, 6.45) is 0. The molecule has 1 heterocycles. The maximum Gasteiger partial charge on any atom is 0.0562 e. The normalized spacial score (nSPS) is 11.4. The third kappa shape index (κ3) is 5.67. The van der Waals surface area contributed by atoms with E-state index in [4.69, 9.17) is 0 Å². The quantitative estimate of drug-likeness (QED) is 0.160. The molecule has 9 aromatic carbocycles. The van der Waals surface area contributed by atoms with E-state index in [1.165, 1.54) is 60.4 Å². The Bertz CT molecular complexity index is 2960. The van der Waals surface area contributed by atoms with Crippen LogP contribution in [0.5, 0.6) is 0 Å². The maximum absolute atomic E-state index is 2.50. The molecule has 2 nitrogen and oxygen atoms in total. The number of para-hydroxylation sites is 1. The van der Waals surface area contributed by atoms with Gasteiger partial charge in [-0.1, -0.05) is 170 Å². The lowest BCUT2D eigenvalue weighted by molar-refractivity contribution is 1.18. The molecule has 0 fully saturated rings. The molecule has 0 aliphatic heterocycles. The zero-order valence-corrected chi connectivity index (χ0v) is 30.6. The van der Waals surface area contributed by atoms with Crippen molar-refractivity contribution in [3.63, 3.8) is 0 Å². The van der Waals surface area contributed by atoms with Crippen LogP contribution in [0.1, 0.15) is 5.56 Å². The van der Waals surface area contributed by atoms with Crippen molar-refractivity contribution in [1.29, 1.82) is 0 Å². The highest BCUT2D eigenvalue weighted by atomic mass is 15.2. The lowest BCUT2D eigenvalue weighted by Crippen LogP contribution is -2.13. The zero-order chi connectivity index (χ0) is 36.7. The minimum atomic E-state index is 1.08. The molecule has 0 atom stereocenters. The Morgan fingerprint density at radius 3 is 1.80 bits per heavy atom. The summed E-state index contributed by atoms with van der Waals surface area (Å²) < 4.78 is 2.43. The van der Waals surface area contributed by atoms with Gasteiger partial charge in [0.25, 0.3) is 0 Å².